The molecule has 3 aromatic carbocycles. The molecular formula is C24H21NO. The van der Waals surface area contributed by atoms with Crippen LogP contribution in [0.5, 0.6) is 11.5 Å². The van der Waals surface area contributed by atoms with E-state index in [1.165, 1.54) is 27.5 Å². The van der Waals surface area contributed by atoms with Gasteiger partial charge in [0.05, 0.1) is 0 Å². The molecule has 2 nitrogen and oxygen atoms in total. The van der Waals surface area contributed by atoms with E-state index in [9.17, 15) is 0 Å². The first kappa shape index (κ1) is 16.3. The number of rotatable bonds is 5. The molecule has 0 atom stereocenters. The van der Waals surface area contributed by atoms with Crippen LogP contribution in [0.4, 0.5) is 0 Å². The van der Waals surface area contributed by atoms with Gasteiger partial charge in [-0.2, -0.15) is 0 Å². The van der Waals surface area contributed by atoms with Gasteiger partial charge in [0, 0.05) is 12.4 Å². The van der Waals surface area contributed by atoms with Gasteiger partial charge in [-0.1, -0.05) is 54.6 Å². The van der Waals surface area contributed by atoms with Crippen LogP contribution >= 0.6 is 0 Å². The Kier molecular flexibility index (Phi) is 4.65. The second kappa shape index (κ2) is 7.40. The van der Waals surface area contributed by atoms with E-state index in [4.69, 9.17) is 4.74 Å². The van der Waals surface area contributed by atoms with Crippen LogP contribution in [-0.4, -0.2) is 4.98 Å². The van der Waals surface area contributed by atoms with Gasteiger partial charge in [-0.25, -0.2) is 0 Å². The zero-order valence-corrected chi connectivity index (χ0v) is 14.9. The van der Waals surface area contributed by atoms with Crippen molar-refractivity contribution in [3.05, 3.63) is 102 Å². The lowest BCUT2D eigenvalue weighted by atomic mass is 9.98. The van der Waals surface area contributed by atoms with Crippen molar-refractivity contribution in [3.63, 3.8) is 0 Å². The Balaban J connectivity index is 1.60. The normalized spacial score (nSPS) is 10.8. The van der Waals surface area contributed by atoms with Crippen molar-refractivity contribution < 1.29 is 4.74 Å². The summed E-state index contributed by atoms with van der Waals surface area (Å²) in [6.07, 6.45) is 5.42. The van der Waals surface area contributed by atoms with Crippen molar-refractivity contribution in [2.24, 2.45) is 0 Å². The van der Waals surface area contributed by atoms with Crippen LogP contribution in [0.25, 0.3) is 10.8 Å². The number of ether oxygens (including phenoxy) is 1. The van der Waals surface area contributed by atoms with Gasteiger partial charge in [-0.3, -0.25) is 4.98 Å². The van der Waals surface area contributed by atoms with Crippen LogP contribution in [0.3, 0.4) is 0 Å². The van der Waals surface area contributed by atoms with Gasteiger partial charge in [-0.05, 0) is 65.4 Å². The van der Waals surface area contributed by atoms with Crippen LogP contribution in [0.1, 0.15) is 16.7 Å². The first-order valence-electron chi connectivity index (χ1n) is 8.94. The zero-order valence-electron chi connectivity index (χ0n) is 14.9. The maximum Gasteiger partial charge on any atom is 0.130 e. The lowest BCUT2D eigenvalue weighted by Gasteiger charge is -2.13. The van der Waals surface area contributed by atoms with Crippen LogP contribution in [0, 0.1) is 6.92 Å². The van der Waals surface area contributed by atoms with E-state index in [2.05, 4.69) is 72.6 Å². The predicted molar refractivity (Wildman–Crippen MR) is 107 cm³/mol. The molecule has 0 saturated heterocycles. The summed E-state index contributed by atoms with van der Waals surface area (Å²) in [5.74, 6) is 1.74. The first-order valence-corrected chi connectivity index (χ1v) is 8.94. The number of aryl methyl sites for hydroxylation is 3. The highest BCUT2D eigenvalue weighted by Gasteiger charge is 2.08. The molecule has 4 aromatic rings. The fourth-order valence-electron chi connectivity index (χ4n) is 3.28. The molecule has 1 aromatic heterocycles. The number of hydrogen-bond acceptors (Lipinski definition) is 2. The topological polar surface area (TPSA) is 22.1 Å². The highest BCUT2D eigenvalue weighted by Crippen LogP contribution is 2.28. The average molecular weight is 339 g/mol. The summed E-state index contributed by atoms with van der Waals surface area (Å²) in [5.41, 5.74) is 3.79. The molecule has 0 aliphatic carbocycles. The summed E-state index contributed by atoms with van der Waals surface area (Å²) < 4.78 is 6.13. The van der Waals surface area contributed by atoms with E-state index in [1.54, 1.807) is 12.4 Å². The summed E-state index contributed by atoms with van der Waals surface area (Å²) >= 11 is 0. The van der Waals surface area contributed by atoms with Gasteiger partial charge in [0.15, 0.2) is 0 Å². The average Bonchev–Trinajstić information content (AvgIpc) is 2.68. The molecule has 4 rings (SSSR count). The zero-order chi connectivity index (χ0) is 17.8. The van der Waals surface area contributed by atoms with Crippen LogP contribution in [0.2, 0.25) is 0 Å². The quantitative estimate of drug-likeness (QED) is 0.437. The largest absolute Gasteiger partial charge is 0.457 e. The molecule has 0 saturated carbocycles. The third kappa shape index (κ3) is 3.60. The van der Waals surface area contributed by atoms with E-state index in [0.29, 0.717) is 0 Å². The molecule has 1 heterocycles. The number of hydrogen-bond donors (Lipinski definition) is 0. The molecule has 0 amide bonds. The molecule has 0 unspecified atom stereocenters. The minimum absolute atomic E-state index is 0.817. The minimum Gasteiger partial charge on any atom is -0.457 e. The van der Waals surface area contributed by atoms with Crippen molar-refractivity contribution in [1.82, 2.24) is 4.98 Å². The Hall–Kier alpha value is -3.13. The Morgan fingerprint density at radius 1 is 0.769 bits per heavy atom. The molecule has 2 heteroatoms. The van der Waals surface area contributed by atoms with Gasteiger partial charge in [-0.15, -0.1) is 0 Å². The smallest absolute Gasteiger partial charge is 0.130 e. The van der Waals surface area contributed by atoms with Gasteiger partial charge >= 0.3 is 0 Å². The summed E-state index contributed by atoms with van der Waals surface area (Å²) in [6.45, 7) is 2.09. The number of aromatic nitrogens is 1. The molecule has 0 radical (unpaired) electrons. The highest BCUT2D eigenvalue weighted by atomic mass is 16.5. The van der Waals surface area contributed by atoms with Crippen LogP contribution in [0.15, 0.2) is 85.2 Å². The van der Waals surface area contributed by atoms with E-state index in [0.717, 1.165) is 24.3 Å². The van der Waals surface area contributed by atoms with Gasteiger partial charge in [0.1, 0.15) is 11.5 Å². The summed E-state index contributed by atoms with van der Waals surface area (Å²) in [6, 6.07) is 25.3. The predicted octanol–water partition coefficient (Wildman–Crippen LogP) is 6.12. The molecule has 0 aliphatic heterocycles. The number of pyridine rings is 1. The van der Waals surface area contributed by atoms with Crippen LogP contribution in [-0.2, 0) is 12.8 Å². The van der Waals surface area contributed by atoms with E-state index in [-0.39, 0.29) is 0 Å². The molecular weight excluding hydrogens is 318 g/mol. The lowest BCUT2D eigenvalue weighted by Crippen LogP contribution is -1.97. The Morgan fingerprint density at radius 3 is 2.42 bits per heavy atom. The van der Waals surface area contributed by atoms with Gasteiger partial charge in [0.2, 0.25) is 0 Å². The van der Waals surface area contributed by atoms with Gasteiger partial charge < -0.3 is 4.74 Å². The monoisotopic (exact) mass is 339 g/mol. The van der Waals surface area contributed by atoms with Crippen LogP contribution < -0.4 is 4.74 Å². The van der Waals surface area contributed by atoms with E-state index < -0.39 is 0 Å². The summed E-state index contributed by atoms with van der Waals surface area (Å²) in [4.78, 5) is 4.05. The molecule has 0 N–H and O–H groups in total. The molecule has 0 fully saturated rings. The highest BCUT2D eigenvalue weighted by molar-refractivity contribution is 5.85. The number of nitrogens with zero attached hydrogens (tertiary/aromatic N) is 1. The Bertz CT molecular complexity index is 1020. The van der Waals surface area contributed by atoms with E-state index in [1.807, 2.05) is 12.1 Å². The maximum absolute atomic E-state index is 6.13. The SMILES string of the molecule is Cc1ccc(CCc2cccc3ccccc23)c(Oc2ccncc2)c1. The third-order valence-corrected chi connectivity index (χ3v) is 4.64. The Labute approximate surface area is 154 Å². The maximum atomic E-state index is 6.13. The Morgan fingerprint density at radius 2 is 1.54 bits per heavy atom. The third-order valence-electron chi connectivity index (χ3n) is 4.64. The summed E-state index contributed by atoms with van der Waals surface area (Å²) in [7, 11) is 0. The molecule has 0 aliphatic rings. The second-order valence-electron chi connectivity index (χ2n) is 6.53. The van der Waals surface area contributed by atoms with Crippen molar-refractivity contribution in [3.8, 4) is 11.5 Å². The molecule has 26 heavy (non-hydrogen) atoms. The van der Waals surface area contributed by atoms with Crippen molar-refractivity contribution in [1.29, 1.82) is 0 Å². The summed E-state index contributed by atoms with van der Waals surface area (Å²) in [5, 5.41) is 2.63. The van der Waals surface area contributed by atoms with Crippen molar-refractivity contribution in [2.75, 3.05) is 0 Å². The minimum atomic E-state index is 0.817. The fourth-order valence-corrected chi connectivity index (χ4v) is 3.28. The first-order chi connectivity index (χ1) is 12.8. The van der Waals surface area contributed by atoms with Crippen molar-refractivity contribution >= 4 is 10.8 Å². The lowest BCUT2D eigenvalue weighted by molar-refractivity contribution is 0.475. The van der Waals surface area contributed by atoms with Crippen molar-refractivity contribution in [2.45, 2.75) is 19.8 Å². The molecule has 0 bridgehead atoms. The van der Waals surface area contributed by atoms with Gasteiger partial charge in [0.25, 0.3) is 0 Å². The van der Waals surface area contributed by atoms with E-state index >= 15 is 0 Å². The molecule has 0 spiro atoms. The number of benzene rings is 3. The molecule has 128 valence electrons. The fraction of sp³-hybridized carbons (Fsp3) is 0.125. The standard InChI is InChI=1S/C24H21NO/c1-18-9-10-21(24(17-18)26-22-13-15-25-16-14-22)12-11-20-7-4-6-19-5-2-3-8-23(19)20/h2-10,13-17H,11-12H2,1H3. The second-order valence-corrected chi connectivity index (χ2v) is 6.53. The number of fused-ring (bicyclic) bond motifs is 1.